The first kappa shape index (κ1) is 16.1. The van der Waals surface area contributed by atoms with Gasteiger partial charge in [0.05, 0.1) is 6.20 Å². The summed E-state index contributed by atoms with van der Waals surface area (Å²) >= 11 is 0. The molecule has 7 heteroatoms. The summed E-state index contributed by atoms with van der Waals surface area (Å²) < 4.78 is 10.7. The Labute approximate surface area is 151 Å². The van der Waals surface area contributed by atoms with Gasteiger partial charge in [-0.05, 0) is 48.7 Å². The highest BCUT2D eigenvalue weighted by atomic mass is 16.7. The van der Waals surface area contributed by atoms with Crippen LogP contribution in [0.25, 0.3) is 0 Å². The van der Waals surface area contributed by atoms with Gasteiger partial charge in [-0.25, -0.2) is 0 Å². The number of nitrogens with zero attached hydrogens (tertiary/aromatic N) is 3. The first-order valence-corrected chi connectivity index (χ1v) is 8.34. The molecule has 2 aromatic carbocycles. The van der Waals surface area contributed by atoms with Crippen LogP contribution in [0.5, 0.6) is 11.5 Å². The van der Waals surface area contributed by atoms with E-state index in [0.29, 0.717) is 18.3 Å². The average molecular weight is 349 g/mol. The number of aryl methyl sites for hydroxylation is 2. The molecule has 1 aliphatic heterocycles. The van der Waals surface area contributed by atoms with Crippen molar-refractivity contribution in [2.45, 2.75) is 20.4 Å². The Morgan fingerprint density at radius 1 is 1.04 bits per heavy atom. The zero-order chi connectivity index (χ0) is 17.9. The van der Waals surface area contributed by atoms with Gasteiger partial charge in [0.25, 0.3) is 0 Å². The van der Waals surface area contributed by atoms with Gasteiger partial charge in [-0.15, -0.1) is 5.10 Å². The van der Waals surface area contributed by atoms with Crippen LogP contribution in [0.3, 0.4) is 0 Å². The molecule has 26 heavy (non-hydrogen) atoms. The quantitative estimate of drug-likeness (QED) is 0.729. The molecule has 0 saturated carbocycles. The second-order valence-electron chi connectivity index (χ2n) is 6.15. The summed E-state index contributed by atoms with van der Waals surface area (Å²) in [6.45, 7) is 4.94. The fourth-order valence-corrected chi connectivity index (χ4v) is 2.68. The second kappa shape index (κ2) is 6.87. The minimum absolute atomic E-state index is 0.269. The summed E-state index contributed by atoms with van der Waals surface area (Å²) in [6, 6.07) is 12.1. The highest BCUT2D eigenvalue weighted by Crippen LogP contribution is 2.32. The normalized spacial score (nSPS) is 12.1. The van der Waals surface area contributed by atoms with E-state index in [9.17, 15) is 0 Å². The Morgan fingerprint density at radius 2 is 1.92 bits per heavy atom. The van der Waals surface area contributed by atoms with Crippen LogP contribution < -0.4 is 20.1 Å². The Kier molecular flexibility index (Phi) is 4.27. The summed E-state index contributed by atoms with van der Waals surface area (Å²) in [4.78, 5) is 4.47. The molecule has 0 spiro atoms. The van der Waals surface area contributed by atoms with Gasteiger partial charge in [0.1, 0.15) is 0 Å². The van der Waals surface area contributed by atoms with Crippen molar-refractivity contribution in [1.29, 1.82) is 0 Å². The summed E-state index contributed by atoms with van der Waals surface area (Å²) in [7, 11) is 0. The summed E-state index contributed by atoms with van der Waals surface area (Å²) in [5.41, 5.74) is 4.38. The van der Waals surface area contributed by atoms with Gasteiger partial charge in [0, 0.05) is 12.2 Å². The standard InChI is InChI=1S/C19H19N5O2/c1-12-3-4-13(2)15(7-12)22-18-10-21-24-19(23-18)20-9-14-5-6-16-17(8-14)26-11-25-16/h3-8,10H,9,11H2,1-2H3,(H2,20,22,23,24). The molecule has 7 nitrogen and oxygen atoms in total. The molecule has 0 amide bonds. The Morgan fingerprint density at radius 3 is 2.85 bits per heavy atom. The maximum Gasteiger partial charge on any atom is 0.244 e. The van der Waals surface area contributed by atoms with Crippen molar-refractivity contribution in [2.24, 2.45) is 0 Å². The molecule has 0 aliphatic carbocycles. The van der Waals surface area contributed by atoms with E-state index in [0.717, 1.165) is 28.3 Å². The maximum absolute atomic E-state index is 5.39. The first-order chi connectivity index (χ1) is 12.7. The third-order valence-electron chi connectivity index (χ3n) is 4.10. The summed E-state index contributed by atoms with van der Waals surface area (Å²) in [5.74, 6) is 2.62. The lowest BCUT2D eigenvalue weighted by molar-refractivity contribution is 0.174. The van der Waals surface area contributed by atoms with Gasteiger partial charge in [-0.3, -0.25) is 0 Å². The molecule has 0 fully saturated rings. The van der Waals surface area contributed by atoms with Gasteiger partial charge in [-0.2, -0.15) is 10.1 Å². The van der Waals surface area contributed by atoms with Crippen molar-refractivity contribution < 1.29 is 9.47 Å². The number of benzene rings is 2. The number of nitrogens with one attached hydrogen (secondary N) is 2. The molecular formula is C19H19N5O2. The largest absolute Gasteiger partial charge is 0.454 e. The van der Waals surface area contributed by atoms with E-state index >= 15 is 0 Å². The molecule has 4 rings (SSSR count). The van der Waals surface area contributed by atoms with Gasteiger partial charge in [-0.1, -0.05) is 18.2 Å². The molecule has 0 atom stereocenters. The molecule has 0 saturated heterocycles. The van der Waals surface area contributed by atoms with Crippen LogP contribution in [0.15, 0.2) is 42.6 Å². The number of hydrogen-bond acceptors (Lipinski definition) is 7. The van der Waals surface area contributed by atoms with Gasteiger partial charge >= 0.3 is 0 Å². The molecule has 2 N–H and O–H groups in total. The molecule has 1 aromatic heterocycles. The lowest BCUT2D eigenvalue weighted by Gasteiger charge is -2.10. The molecule has 3 aromatic rings. The molecule has 1 aliphatic rings. The molecule has 0 radical (unpaired) electrons. The van der Waals surface area contributed by atoms with Crippen LogP contribution in [0.2, 0.25) is 0 Å². The van der Waals surface area contributed by atoms with Crippen LogP contribution >= 0.6 is 0 Å². The van der Waals surface area contributed by atoms with Crippen LogP contribution in [-0.2, 0) is 6.54 Å². The minimum Gasteiger partial charge on any atom is -0.454 e. The Balaban J connectivity index is 1.45. The maximum atomic E-state index is 5.39. The number of fused-ring (bicyclic) bond motifs is 1. The highest BCUT2D eigenvalue weighted by molar-refractivity contribution is 5.61. The topological polar surface area (TPSA) is 81.2 Å². The van der Waals surface area contributed by atoms with E-state index in [4.69, 9.17) is 9.47 Å². The third-order valence-corrected chi connectivity index (χ3v) is 4.10. The van der Waals surface area contributed by atoms with Crippen LogP contribution in [0.4, 0.5) is 17.5 Å². The van der Waals surface area contributed by atoms with Crippen LogP contribution in [-0.4, -0.2) is 22.0 Å². The van der Waals surface area contributed by atoms with Crippen molar-refractivity contribution in [2.75, 3.05) is 17.4 Å². The van der Waals surface area contributed by atoms with E-state index in [2.05, 4.69) is 57.9 Å². The van der Waals surface area contributed by atoms with Crippen molar-refractivity contribution in [3.05, 3.63) is 59.3 Å². The third kappa shape index (κ3) is 3.51. The van der Waals surface area contributed by atoms with E-state index in [-0.39, 0.29) is 6.79 Å². The van der Waals surface area contributed by atoms with E-state index < -0.39 is 0 Å². The number of ether oxygens (including phenoxy) is 2. The monoisotopic (exact) mass is 349 g/mol. The van der Waals surface area contributed by atoms with Gasteiger partial charge in [0.15, 0.2) is 17.3 Å². The predicted octanol–water partition coefficient (Wildman–Crippen LogP) is 3.57. The molecule has 0 unspecified atom stereocenters. The average Bonchev–Trinajstić information content (AvgIpc) is 3.11. The lowest BCUT2D eigenvalue weighted by Crippen LogP contribution is -2.06. The van der Waals surface area contributed by atoms with Crippen molar-refractivity contribution in [3.63, 3.8) is 0 Å². The lowest BCUT2D eigenvalue weighted by atomic mass is 10.1. The summed E-state index contributed by atoms with van der Waals surface area (Å²) in [5, 5.41) is 14.5. The van der Waals surface area contributed by atoms with Crippen molar-refractivity contribution >= 4 is 17.5 Å². The second-order valence-corrected chi connectivity index (χ2v) is 6.15. The van der Waals surface area contributed by atoms with Gasteiger partial charge < -0.3 is 20.1 Å². The fourth-order valence-electron chi connectivity index (χ4n) is 2.68. The molecular weight excluding hydrogens is 330 g/mol. The van der Waals surface area contributed by atoms with E-state index in [1.807, 2.05) is 18.2 Å². The molecule has 132 valence electrons. The molecule has 2 heterocycles. The van der Waals surface area contributed by atoms with Crippen molar-refractivity contribution in [3.8, 4) is 11.5 Å². The molecule has 0 bridgehead atoms. The van der Waals surface area contributed by atoms with Crippen LogP contribution in [0.1, 0.15) is 16.7 Å². The zero-order valence-corrected chi connectivity index (χ0v) is 14.6. The van der Waals surface area contributed by atoms with Crippen LogP contribution in [0, 0.1) is 13.8 Å². The number of aromatic nitrogens is 3. The first-order valence-electron chi connectivity index (χ1n) is 8.34. The van der Waals surface area contributed by atoms with Gasteiger partial charge in [0.2, 0.25) is 12.7 Å². The van der Waals surface area contributed by atoms with E-state index in [1.165, 1.54) is 5.56 Å². The SMILES string of the molecule is Cc1ccc(C)c(Nc2cnnc(NCc3ccc4c(c3)OCO4)n2)c1. The fraction of sp³-hybridized carbons (Fsp3) is 0.211. The Bertz CT molecular complexity index is 945. The smallest absolute Gasteiger partial charge is 0.244 e. The predicted molar refractivity (Wildman–Crippen MR) is 98.9 cm³/mol. The minimum atomic E-state index is 0.269. The van der Waals surface area contributed by atoms with E-state index in [1.54, 1.807) is 6.20 Å². The van der Waals surface area contributed by atoms with Crippen molar-refractivity contribution in [1.82, 2.24) is 15.2 Å². The Hall–Kier alpha value is -3.35. The highest BCUT2D eigenvalue weighted by Gasteiger charge is 2.13. The number of hydrogen-bond donors (Lipinski definition) is 2. The number of anilines is 3. The summed E-state index contributed by atoms with van der Waals surface area (Å²) in [6.07, 6.45) is 1.60. The zero-order valence-electron chi connectivity index (χ0n) is 14.6. The number of rotatable bonds is 5.